The van der Waals surface area contributed by atoms with E-state index < -0.39 is 103 Å². The summed E-state index contributed by atoms with van der Waals surface area (Å²) in [6.45, 7) is 2.73. The number of nitrogens with one attached hydrogen (secondary N) is 7. The van der Waals surface area contributed by atoms with Gasteiger partial charge in [0.1, 0.15) is 36.8 Å². The van der Waals surface area contributed by atoms with E-state index in [0.29, 0.717) is 12.1 Å². The number of imidazole rings is 1. The van der Waals surface area contributed by atoms with Crippen LogP contribution in [0.2, 0.25) is 0 Å². The van der Waals surface area contributed by atoms with Crippen molar-refractivity contribution in [2.24, 2.45) is 11.7 Å². The Bertz CT molecular complexity index is 1620. The molecule has 1 aromatic heterocycles. The number of benzene rings is 1. The lowest BCUT2D eigenvalue weighted by molar-refractivity contribution is -0.139. The summed E-state index contributed by atoms with van der Waals surface area (Å²) < 4.78 is 0. The van der Waals surface area contributed by atoms with Crippen molar-refractivity contribution in [1.82, 2.24) is 41.9 Å². The number of rotatable bonds is 24. The molecule has 2 aromatic rings. The van der Waals surface area contributed by atoms with Crippen molar-refractivity contribution in [3.05, 3.63) is 54.1 Å². The van der Waals surface area contributed by atoms with Crippen molar-refractivity contribution in [2.45, 2.75) is 82.2 Å². The lowest BCUT2D eigenvalue weighted by Gasteiger charge is -2.29. The Hall–Kier alpha value is -5.15. The molecule has 302 valence electrons. The molecule has 55 heavy (non-hydrogen) atoms. The topological polar surface area (TPSA) is 304 Å². The van der Waals surface area contributed by atoms with Crippen LogP contribution >= 0.6 is 25.3 Å². The molecule has 0 aliphatic carbocycles. The van der Waals surface area contributed by atoms with Gasteiger partial charge < -0.3 is 52.8 Å². The summed E-state index contributed by atoms with van der Waals surface area (Å²) in [6.07, 6.45) is 2.33. The monoisotopic (exact) mass is 807 g/mol. The standard InChI is InChI=1S/C34H49N9O10S2/c1-3-18(2)28(43-31(50)22(9-10-26(44)45)39-29(48)21(35)11-19-7-5-4-6-8-19)34(53)40-23(12-20-13-36-17-38-20)32(51)42-25(16-55)33(52)41-24(15-54)30(49)37-14-27(46)47/h4-8,13,17-18,21-25,28,54-55H,3,9-12,14-16,35H2,1-2H3,(H,36,38)(H,37,49)(H,39,48)(H,40,53)(H,41,52)(H,42,51)(H,43,50)(H,44,45)(H,46,47)/t18-,21-,22-,23-,24-,25-,28-/m0/s1. The summed E-state index contributed by atoms with van der Waals surface area (Å²) in [7, 11) is 0. The van der Waals surface area contributed by atoms with Gasteiger partial charge in [-0.2, -0.15) is 25.3 Å². The number of carboxylic acid groups (broad SMARTS) is 2. The maximum atomic E-state index is 13.9. The zero-order valence-corrected chi connectivity index (χ0v) is 32.1. The van der Waals surface area contributed by atoms with Crippen LogP contribution in [0.3, 0.4) is 0 Å². The molecule has 0 aliphatic heterocycles. The number of carbonyl (C=O) groups excluding carboxylic acids is 6. The van der Waals surface area contributed by atoms with Crippen LogP contribution in [0.1, 0.15) is 44.4 Å². The zero-order valence-electron chi connectivity index (χ0n) is 30.3. The Morgan fingerprint density at radius 2 is 1.31 bits per heavy atom. The largest absolute Gasteiger partial charge is 0.481 e. The number of aromatic nitrogens is 2. The molecule has 11 N–H and O–H groups in total. The lowest BCUT2D eigenvalue weighted by Crippen LogP contribution is -2.61. The number of hydrogen-bond donors (Lipinski definition) is 12. The summed E-state index contributed by atoms with van der Waals surface area (Å²) in [5, 5.41) is 32.9. The first kappa shape index (κ1) is 46.0. The first-order valence-corrected chi connectivity index (χ1v) is 18.6. The Morgan fingerprint density at radius 1 is 0.745 bits per heavy atom. The maximum absolute atomic E-state index is 13.9. The van der Waals surface area contributed by atoms with Crippen molar-refractivity contribution in [3.63, 3.8) is 0 Å². The average molecular weight is 808 g/mol. The number of aromatic amines is 1. The summed E-state index contributed by atoms with van der Waals surface area (Å²) in [5.41, 5.74) is 7.29. The van der Waals surface area contributed by atoms with Crippen LogP contribution in [-0.2, 0) is 51.2 Å². The average Bonchev–Trinajstić information content (AvgIpc) is 3.68. The molecule has 0 fully saturated rings. The smallest absolute Gasteiger partial charge is 0.322 e. The Balaban J connectivity index is 2.26. The molecule has 0 aliphatic rings. The van der Waals surface area contributed by atoms with Crippen LogP contribution in [0.25, 0.3) is 0 Å². The predicted molar refractivity (Wildman–Crippen MR) is 205 cm³/mol. The van der Waals surface area contributed by atoms with E-state index in [0.717, 1.165) is 5.56 Å². The molecule has 1 heterocycles. The molecule has 6 amide bonds. The first-order valence-electron chi connectivity index (χ1n) is 17.3. The fourth-order valence-corrected chi connectivity index (χ4v) is 5.55. The number of carbonyl (C=O) groups is 8. The van der Waals surface area contributed by atoms with Crippen LogP contribution in [0.15, 0.2) is 42.9 Å². The van der Waals surface area contributed by atoms with Gasteiger partial charge in [-0.25, -0.2) is 4.98 Å². The van der Waals surface area contributed by atoms with E-state index in [1.807, 2.05) is 0 Å². The first-order chi connectivity index (χ1) is 26.1. The molecule has 0 radical (unpaired) electrons. The second-order valence-electron chi connectivity index (χ2n) is 12.6. The molecule has 0 bridgehead atoms. The van der Waals surface area contributed by atoms with E-state index in [4.69, 9.17) is 10.8 Å². The van der Waals surface area contributed by atoms with Crippen LogP contribution in [0.4, 0.5) is 0 Å². The third-order valence-corrected chi connectivity index (χ3v) is 9.10. The molecule has 0 saturated carbocycles. The molecule has 2 rings (SSSR count). The summed E-state index contributed by atoms with van der Waals surface area (Å²) in [5.74, 6) is -8.38. The van der Waals surface area contributed by atoms with Crippen molar-refractivity contribution < 1.29 is 48.6 Å². The molecule has 1 aromatic carbocycles. The molecule has 19 nitrogen and oxygen atoms in total. The molecule has 0 unspecified atom stereocenters. The maximum Gasteiger partial charge on any atom is 0.322 e. The van der Waals surface area contributed by atoms with Crippen molar-refractivity contribution >= 4 is 72.6 Å². The van der Waals surface area contributed by atoms with E-state index in [1.165, 1.54) is 12.5 Å². The van der Waals surface area contributed by atoms with Gasteiger partial charge in [0.25, 0.3) is 0 Å². The minimum Gasteiger partial charge on any atom is -0.481 e. The zero-order chi connectivity index (χ0) is 41.1. The second kappa shape index (κ2) is 23.6. The van der Waals surface area contributed by atoms with E-state index in [-0.39, 0.29) is 30.8 Å². The number of aliphatic carboxylic acids is 2. The van der Waals surface area contributed by atoms with Gasteiger partial charge in [-0.05, 0) is 24.3 Å². The Morgan fingerprint density at radius 3 is 1.85 bits per heavy atom. The quantitative estimate of drug-likeness (QED) is 0.0509. The number of hydrogen-bond acceptors (Lipinski definition) is 12. The van der Waals surface area contributed by atoms with Crippen molar-refractivity contribution in [1.29, 1.82) is 0 Å². The Kier molecular flexibility index (Phi) is 19.7. The van der Waals surface area contributed by atoms with E-state index in [9.17, 15) is 43.5 Å². The minimum atomic E-state index is -1.38. The van der Waals surface area contributed by atoms with Crippen molar-refractivity contribution in [3.8, 4) is 0 Å². The minimum absolute atomic E-state index is 0.144. The third kappa shape index (κ3) is 16.0. The fraction of sp³-hybridized carbons (Fsp3) is 0.500. The van der Waals surface area contributed by atoms with Gasteiger partial charge >= 0.3 is 11.9 Å². The number of nitrogens with zero attached hydrogens (tertiary/aromatic N) is 1. The Labute approximate surface area is 328 Å². The second-order valence-corrected chi connectivity index (χ2v) is 13.3. The van der Waals surface area contributed by atoms with Crippen LogP contribution < -0.4 is 37.6 Å². The summed E-state index contributed by atoms with van der Waals surface area (Å²) >= 11 is 8.19. The highest BCUT2D eigenvalue weighted by Gasteiger charge is 2.34. The van der Waals surface area contributed by atoms with Gasteiger partial charge in [0.2, 0.25) is 35.4 Å². The highest BCUT2D eigenvalue weighted by atomic mass is 32.1. The van der Waals surface area contributed by atoms with E-state index in [1.54, 1.807) is 44.2 Å². The van der Waals surface area contributed by atoms with E-state index in [2.05, 4.69) is 67.1 Å². The van der Waals surface area contributed by atoms with Gasteiger partial charge in [-0.15, -0.1) is 0 Å². The van der Waals surface area contributed by atoms with Gasteiger partial charge in [-0.1, -0.05) is 50.6 Å². The molecule has 0 saturated heterocycles. The predicted octanol–water partition coefficient (Wildman–Crippen LogP) is -2.08. The molecule has 0 spiro atoms. The molecule has 7 atom stereocenters. The molecule has 21 heteroatoms. The van der Waals surface area contributed by atoms with Crippen LogP contribution in [0.5, 0.6) is 0 Å². The number of carboxylic acids is 2. The van der Waals surface area contributed by atoms with Gasteiger partial charge in [0.05, 0.1) is 12.4 Å². The summed E-state index contributed by atoms with van der Waals surface area (Å²) in [6, 6.07) is 1.23. The highest BCUT2D eigenvalue weighted by molar-refractivity contribution is 7.80. The van der Waals surface area contributed by atoms with Crippen LogP contribution in [0, 0.1) is 5.92 Å². The number of amides is 6. The number of thiol groups is 2. The fourth-order valence-electron chi connectivity index (χ4n) is 5.04. The summed E-state index contributed by atoms with van der Waals surface area (Å²) in [4.78, 5) is 109. The molecular formula is C34H49N9O10S2. The third-order valence-electron chi connectivity index (χ3n) is 8.37. The number of H-pyrrole nitrogens is 1. The van der Waals surface area contributed by atoms with Gasteiger partial charge in [0.15, 0.2) is 0 Å². The molecular weight excluding hydrogens is 759 g/mol. The van der Waals surface area contributed by atoms with Crippen molar-refractivity contribution in [2.75, 3.05) is 18.1 Å². The number of nitrogens with two attached hydrogens (primary N) is 1. The normalized spacial score (nSPS) is 14.7. The van der Waals surface area contributed by atoms with Gasteiger partial charge in [0, 0.05) is 36.2 Å². The highest BCUT2D eigenvalue weighted by Crippen LogP contribution is 2.12. The van der Waals surface area contributed by atoms with Gasteiger partial charge in [-0.3, -0.25) is 38.4 Å². The lowest BCUT2D eigenvalue weighted by atomic mass is 9.96. The van der Waals surface area contributed by atoms with E-state index >= 15 is 0 Å². The van der Waals surface area contributed by atoms with Crippen LogP contribution in [-0.4, -0.2) is 122 Å². The SMILES string of the molecule is CC[C@H](C)[C@H](NC(=O)[C@H](CCC(=O)O)NC(=O)[C@@H](N)Cc1ccccc1)C(=O)N[C@@H](Cc1cnc[nH]1)C(=O)N[C@@H](CS)C(=O)N[C@@H](CS)C(=O)NCC(=O)O.